The molecule has 9 nitrogen and oxygen atoms in total. The standard InChI is InChI=1S/C14H21N3O6S2/c1-23-5-2-11(14(19)20)16-13(18)12-8-10(9-15-12)25(21,22)17-3-6-24-7-4-17/h8-9,11,15H,2-7H2,1H3,(H,16,18)(H,19,20). The van der Waals surface area contributed by atoms with Gasteiger partial charge in [-0.05, 0) is 6.07 Å². The van der Waals surface area contributed by atoms with Crippen LogP contribution in [0.15, 0.2) is 17.2 Å². The quantitative estimate of drug-likeness (QED) is 0.568. The zero-order valence-electron chi connectivity index (χ0n) is 13.7. The predicted octanol–water partition coefficient (Wildman–Crippen LogP) is -0.0283. The van der Waals surface area contributed by atoms with E-state index in [9.17, 15) is 18.0 Å². The van der Waals surface area contributed by atoms with E-state index in [1.54, 1.807) is 11.8 Å². The maximum absolute atomic E-state index is 12.5. The minimum absolute atomic E-state index is 0.00590. The number of aromatic amines is 1. The lowest BCUT2D eigenvalue weighted by molar-refractivity contribution is -0.139. The summed E-state index contributed by atoms with van der Waals surface area (Å²) in [4.78, 5) is 25.9. The minimum Gasteiger partial charge on any atom is -0.480 e. The van der Waals surface area contributed by atoms with Crippen molar-refractivity contribution in [2.75, 3.05) is 38.3 Å². The molecule has 0 radical (unpaired) electrons. The molecule has 0 aromatic carbocycles. The van der Waals surface area contributed by atoms with E-state index in [1.165, 1.54) is 23.7 Å². The van der Waals surface area contributed by atoms with E-state index in [-0.39, 0.29) is 23.6 Å². The molecule has 1 aromatic heterocycles. The molecule has 1 aromatic rings. The number of carboxylic acids is 1. The maximum Gasteiger partial charge on any atom is 0.326 e. The fourth-order valence-corrected chi connectivity index (χ4v) is 4.89. The first kappa shape index (κ1) is 19.8. The summed E-state index contributed by atoms with van der Waals surface area (Å²) in [5.41, 5.74) is -0.00590. The van der Waals surface area contributed by atoms with E-state index in [4.69, 9.17) is 9.84 Å². The molecule has 1 atom stereocenters. The zero-order chi connectivity index (χ0) is 18.4. The van der Waals surface area contributed by atoms with Crippen LogP contribution in [0.1, 0.15) is 16.9 Å². The second-order valence-electron chi connectivity index (χ2n) is 5.41. The summed E-state index contributed by atoms with van der Waals surface area (Å²) < 4.78 is 31.3. The zero-order valence-corrected chi connectivity index (χ0v) is 15.4. The number of rotatable bonds is 8. The fourth-order valence-electron chi connectivity index (χ4n) is 2.32. The highest BCUT2D eigenvalue weighted by Gasteiger charge is 2.28. The number of carboxylic acid groups (broad SMARTS) is 1. The molecule has 1 fully saturated rings. The van der Waals surface area contributed by atoms with Crippen LogP contribution in [0.25, 0.3) is 0 Å². The lowest BCUT2D eigenvalue weighted by Crippen LogP contribution is -2.41. The molecular formula is C14H21N3O6S2. The van der Waals surface area contributed by atoms with Crippen molar-refractivity contribution in [2.45, 2.75) is 17.4 Å². The van der Waals surface area contributed by atoms with Crippen LogP contribution in [0.2, 0.25) is 0 Å². The summed E-state index contributed by atoms with van der Waals surface area (Å²) in [7, 11) is -2.23. The van der Waals surface area contributed by atoms with Crippen LogP contribution in [-0.4, -0.2) is 79.0 Å². The molecule has 140 valence electrons. The lowest BCUT2D eigenvalue weighted by atomic mass is 10.2. The average Bonchev–Trinajstić information content (AvgIpc) is 3.10. The third-order valence-corrected chi connectivity index (χ3v) is 6.54. The van der Waals surface area contributed by atoms with Crippen LogP contribution in [0.3, 0.4) is 0 Å². The van der Waals surface area contributed by atoms with E-state index in [2.05, 4.69) is 10.3 Å². The number of aliphatic carboxylic acids is 1. The van der Waals surface area contributed by atoms with Gasteiger partial charge in [-0.3, -0.25) is 4.79 Å². The number of carbonyl (C=O) groups is 2. The highest BCUT2D eigenvalue weighted by molar-refractivity contribution is 7.99. The number of amides is 1. The number of methoxy groups -OCH3 is 1. The van der Waals surface area contributed by atoms with Crippen molar-refractivity contribution < 1.29 is 27.9 Å². The number of thioether (sulfide) groups is 1. The summed E-state index contributed by atoms with van der Waals surface area (Å²) in [5, 5.41) is 11.5. The normalized spacial score (nSPS) is 17.2. The maximum atomic E-state index is 12.5. The molecule has 11 heteroatoms. The third-order valence-electron chi connectivity index (χ3n) is 3.72. The van der Waals surface area contributed by atoms with Gasteiger partial charge < -0.3 is 20.1 Å². The second kappa shape index (κ2) is 8.70. The van der Waals surface area contributed by atoms with Crippen LogP contribution < -0.4 is 5.32 Å². The Kier molecular flexibility index (Phi) is 6.87. The van der Waals surface area contributed by atoms with Gasteiger partial charge in [0.1, 0.15) is 16.6 Å². The van der Waals surface area contributed by atoms with Crippen LogP contribution in [0.5, 0.6) is 0 Å². The predicted molar refractivity (Wildman–Crippen MR) is 92.3 cm³/mol. The van der Waals surface area contributed by atoms with Gasteiger partial charge in [0.25, 0.3) is 5.91 Å². The first-order valence-corrected chi connectivity index (χ1v) is 10.2. The number of hydrogen-bond acceptors (Lipinski definition) is 6. The monoisotopic (exact) mass is 391 g/mol. The fraction of sp³-hybridized carbons (Fsp3) is 0.571. The molecule has 25 heavy (non-hydrogen) atoms. The summed E-state index contributed by atoms with van der Waals surface area (Å²) >= 11 is 1.69. The molecule has 2 heterocycles. The number of nitrogens with zero attached hydrogens (tertiary/aromatic N) is 1. The van der Waals surface area contributed by atoms with Crippen molar-refractivity contribution in [1.29, 1.82) is 0 Å². The van der Waals surface area contributed by atoms with Crippen molar-refractivity contribution in [3.63, 3.8) is 0 Å². The molecule has 0 spiro atoms. The van der Waals surface area contributed by atoms with Crippen molar-refractivity contribution in [1.82, 2.24) is 14.6 Å². The summed E-state index contributed by atoms with van der Waals surface area (Å²) in [6, 6.07) is 0.108. The number of sulfonamides is 1. The molecule has 0 aliphatic carbocycles. The summed E-state index contributed by atoms with van der Waals surface area (Å²) in [6.45, 7) is 1.03. The molecule has 2 rings (SSSR count). The Morgan fingerprint density at radius 1 is 1.44 bits per heavy atom. The van der Waals surface area contributed by atoms with Gasteiger partial charge in [-0.25, -0.2) is 13.2 Å². The number of hydrogen-bond donors (Lipinski definition) is 3. The lowest BCUT2D eigenvalue weighted by Gasteiger charge is -2.24. The minimum atomic E-state index is -3.66. The number of ether oxygens (including phenoxy) is 1. The smallest absolute Gasteiger partial charge is 0.326 e. The largest absolute Gasteiger partial charge is 0.480 e. The van der Waals surface area contributed by atoms with Crippen LogP contribution in [-0.2, 0) is 19.6 Å². The van der Waals surface area contributed by atoms with Gasteiger partial charge in [-0.15, -0.1) is 0 Å². The van der Waals surface area contributed by atoms with E-state index < -0.39 is 27.9 Å². The molecule has 0 bridgehead atoms. The topological polar surface area (TPSA) is 129 Å². The SMILES string of the molecule is COCCC(NC(=O)c1cc(S(=O)(=O)N2CCSCC2)c[nH]1)C(=O)O. The van der Waals surface area contributed by atoms with Crippen molar-refractivity contribution in [3.8, 4) is 0 Å². The molecule has 3 N–H and O–H groups in total. The first-order chi connectivity index (χ1) is 11.9. The second-order valence-corrected chi connectivity index (χ2v) is 8.57. The van der Waals surface area contributed by atoms with Gasteiger partial charge in [0.15, 0.2) is 0 Å². The van der Waals surface area contributed by atoms with Crippen molar-refractivity contribution in [2.24, 2.45) is 0 Å². The number of carbonyl (C=O) groups excluding carboxylic acids is 1. The van der Waals surface area contributed by atoms with Crippen LogP contribution >= 0.6 is 11.8 Å². The highest BCUT2D eigenvalue weighted by atomic mass is 32.2. The number of nitrogens with one attached hydrogen (secondary N) is 2. The Bertz CT molecular complexity index is 712. The first-order valence-electron chi connectivity index (χ1n) is 7.65. The molecule has 1 aliphatic heterocycles. The van der Waals surface area contributed by atoms with Gasteiger partial charge >= 0.3 is 5.97 Å². The van der Waals surface area contributed by atoms with Gasteiger partial charge in [-0.2, -0.15) is 16.1 Å². The Hall–Kier alpha value is -1.56. The van der Waals surface area contributed by atoms with Gasteiger partial charge in [0.2, 0.25) is 10.0 Å². The van der Waals surface area contributed by atoms with E-state index >= 15 is 0 Å². The van der Waals surface area contributed by atoms with Crippen molar-refractivity contribution in [3.05, 3.63) is 18.0 Å². The Morgan fingerprint density at radius 2 is 2.12 bits per heavy atom. The van der Waals surface area contributed by atoms with Crippen LogP contribution in [0, 0.1) is 0 Å². The molecular weight excluding hydrogens is 370 g/mol. The highest BCUT2D eigenvalue weighted by Crippen LogP contribution is 2.20. The van der Waals surface area contributed by atoms with Gasteiger partial charge in [0, 0.05) is 50.9 Å². The van der Waals surface area contributed by atoms with E-state index in [1.807, 2.05) is 0 Å². The van der Waals surface area contributed by atoms with E-state index in [0.717, 1.165) is 11.5 Å². The number of aromatic nitrogens is 1. The molecule has 1 amide bonds. The van der Waals surface area contributed by atoms with Gasteiger partial charge in [-0.1, -0.05) is 0 Å². The van der Waals surface area contributed by atoms with Crippen LogP contribution in [0.4, 0.5) is 0 Å². The molecule has 1 saturated heterocycles. The molecule has 1 aliphatic rings. The summed E-state index contributed by atoms with van der Waals surface area (Å²) in [6.07, 6.45) is 1.35. The Morgan fingerprint density at radius 3 is 2.72 bits per heavy atom. The third kappa shape index (κ3) is 4.97. The molecule has 1 unspecified atom stereocenters. The average molecular weight is 391 g/mol. The van der Waals surface area contributed by atoms with Gasteiger partial charge in [0.05, 0.1) is 0 Å². The van der Waals surface area contributed by atoms with Crippen molar-refractivity contribution >= 4 is 33.7 Å². The Balaban J connectivity index is 2.08. The van der Waals surface area contributed by atoms with E-state index in [0.29, 0.717) is 13.1 Å². The number of H-pyrrole nitrogens is 1. The summed E-state index contributed by atoms with van der Waals surface area (Å²) in [5.74, 6) is -0.400. The molecule has 0 saturated carbocycles. The Labute approximate surface area is 150 Å².